The summed E-state index contributed by atoms with van der Waals surface area (Å²) < 4.78 is 16.6. The summed E-state index contributed by atoms with van der Waals surface area (Å²) in [6, 6.07) is 22.4. The van der Waals surface area contributed by atoms with E-state index in [9.17, 15) is 14.7 Å². The molecule has 2 aliphatic heterocycles. The summed E-state index contributed by atoms with van der Waals surface area (Å²) in [6.07, 6.45) is 3.62. The lowest BCUT2D eigenvalue weighted by molar-refractivity contribution is 0.0597. The van der Waals surface area contributed by atoms with Crippen LogP contribution in [0.5, 0.6) is 11.5 Å². The fourth-order valence-electron chi connectivity index (χ4n) is 8.84. The van der Waals surface area contributed by atoms with E-state index in [0.29, 0.717) is 23.3 Å². The van der Waals surface area contributed by atoms with Crippen molar-refractivity contribution in [1.29, 1.82) is 0 Å². The highest BCUT2D eigenvalue weighted by molar-refractivity contribution is 6.01. The summed E-state index contributed by atoms with van der Waals surface area (Å²) in [7, 11) is 3.25. The predicted molar refractivity (Wildman–Crippen MR) is 224 cm³/mol. The Hall–Kier alpha value is -4.98. The number of carboxylic acid groups (broad SMARTS) is 1. The molecule has 296 valence electrons. The molecule has 8 heteroatoms. The van der Waals surface area contributed by atoms with Crippen molar-refractivity contribution in [1.82, 2.24) is 0 Å². The first-order valence-corrected chi connectivity index (χ1v) is 19.9. The number of benzene rings is 4. The molecule has 4 aromatic rings. The smallest absolute Gasteiger partial charge is 0.419 e. The summed E-state index contributed by atoms with van der Waals surface area (Å²) in [5.74, 6) is 2.65. The van der Waals surface area contributed by atoms with Crippen molar-refractivity contribution in [2.45, 2.75) is 129 Å². The zero-order valence-electron chi connectivity index (χ0n) is 35.2. The maximum Gasteiger partial charge on any atom is 0.419 e. The summed E-state index contributed by atoms with van der Waals surface area (Å²) in [5.41, 5.74) is 10.5. The van der Waals surface area contributed by atoms with Gasteiger partial charge in [0, 0.05) is 23.0 Å². The maximum absolute atomic E-state index is 13.2. The van der Waals surface area contributed by atoms with E-state index in [0.717, 1.165) is 39.5 Å². The van der Waals surface area contributed by atoms with Crippen molar-refractivity contribution in [2.24, 2.45) is 0 Å². The van der Waals surface area contributed by atoms with Gasteiger partial charge < -0.3 is 19.3 Å². The molecule has 0 aromatic heterocycles. The van der Waals surface area contributed by atoms with Gasteiger partial charge in [-0.2, -0.15) is 0 Å². The minimum Gasteiger partial charge on any atom is -0.497 e. The zero-order valence-corrected chi connectivity index (χ0v) is 35.2. The van der Waals surface area contributed by atoms with E-state index in [1.807, 2.05) is 57.2 Å². The second-order valence-corrected chi connectivity index (χ2v) is 18.9. The van der Waals surface area contributed by atoms with Crippen molar-refractivity contribution in [2.75, 3.05) is 24.0 Å². The maximum atomic E-state index is 13.2. The Morgan fingerprint density at radius 2 is 1.18 bits per heavy atom. The third-order valence-corrected chi connectivity index (χ3v) is 11.8. The van der Waals surface area contributed by atoms with Crippen LogP contribution in [0.4, 0.5) is 32.3 Å². The number of hydrogen-bond acceptors (Lipinski definition) is 5. The Kier molecular flexibility index (Phi) is 9.53. The molecule has 0 radical (unpaired) electrons. The van der Waals surface area contributed by atoms with Crippen LogP contribution in [-0.2, 0) is 21.0 Å². The molecule has 0 atom stereocenters. The first-order valence-electron chi connectivity index (χ1n) is 19.9. The molecule has 2 heterocycles. The average molecular weight is 759 g/mol. The predicted octanol–water partition coefficient (Wildman–Crippen LogP) is 12.6. The largest absolute Gasteiger partial charge is 0.497 e. The molecular weight excluding hydrogens is 701 g/mol. The lowest BCUT2D eigenvalue weighted by atomic mass is 9.66. The number of ether oxygens (including phenoxy) is 3. The van der Waals surface area contributed by atoms with E-state index < -0.39 is 11.7 Å². The number of fused-ring (bicyclic) bond motifs is 4. The van der Waals surface area contributed by atoms with Gasteiger partial charge in [0.1, 0.15) is 17.1 Å². The van der Waals surface area contributed by atoms with E-state index in [-0.39, 0.29) is 22.3 Å². The topological polar surface area (TPSA) is 88.5 Å². The van der Waals surface area contributed by atoms with E-state index in [1.54, 1.807) is 19.1 Å². The molecule has 2 amide bonds. The van der Waals surface area contributed by atoms with Crippen LogP contribution in [0.3, 0.4) is 0 Å². The van der Waals surface area contributed by atoms with Gasteiger partial charge in [0.25, 0.3) is 0 Å². The van der Waals surface area contributed by atoms with Gasteiger partial charge in [0.05, 0.1) is 37.0 Å². The average Bonchev–Trinajstić information content (AvgIpc) is 4.04. The van der Waals surface area contributed by atoms with Crippen molar-refractivity contribution in [3.8, 4) is 11.5 Å². The molecular formula is C48H58N2O6. The second-order valence-electron chi connectivity index (χ2n) is 18.9. The monoisotopic (exact) mass is 758 g/mol. The molecule has 0 spiro atoms. The van der Waals surface area contributed by atoms with Crippen LogP contribution in [0.15, 0.2) is 66.7 Å². The van der Waals surface area contributed by atoms with Gasteiger partial charge in [-0.05, 0) is 127 Å². The van der Waals surface area contributed by atoms with Crippen LogP contribution in [0.1, 0.15) is 146 Å². The molecule has 2 aliphatic carbocycles. The molecule has 0 unspecified atom stereocenters. The zero-order chi connectivity index (χ0) is 40.7. The number of rotatable bonds is 4. The van der Waals surface area contributed by atoms with Gasteiger partial charge in [0.15, 0.2) is 0 Å². The van der Waals surface area contributed by atoms with Gasteiger partial charge >= 0.3 is 12.2 Å². The van der Waals surface area contributed by atoms with Gasteiger partial charge in [-0.1, -0.05) is 78.8 Å². The van der Waals surface area contributed by atoms with Crippen LogP contribution in [0.2, 0.25) is 0 Å². The number of carbonyl (C=O) groups excluding carboxylic acids is 1. The molecule has 0 bridgehead atoms. The Labute approximate surface area is 332 Å². The van der Waals surface area contributed by atoms with Crippen LogP contribution in [0.25, 0.3) is 0 Å². The molecule has 56 heavy (non-hydrogen) atoms. The third-order valence-electron chi connectivity index (χ3n) is 11.8. The Morgan fingerprint density at radius 3 is 1.68 bits per heavy atom. The van der Waals surface area contributed by atoms with Crippen LogP contribution < -0.4 is 19.3 Å². The summed E-state index contributed by atoms with van der Waals surface area (Å²) in [4.78, 5) is 28.8. The minimum absolute atomic E-state index is 0.0747. The van der Waals surface area contributed by atoms with E-state index in [2.05, 4.69) is 78.8 Å². The Morgan fingerprint density at radius 1 is 0.643 bits per heavy atom. The lowest BCUT2D eigenvalue weighted by Crippen LogP contribution is -2.39. The number of anilines is 4. The highest BCUT2D eigenvalue weighted by Gasteiger charge is 2.45. The van der Waals surface area contributed by atoms with Crippen LogP contribution in [0, 0.1) is 0 Å². The number of methoxy groups -OCH3 is 2. The quantitative estimate of drug-likeness (QED) is 0.223. The van der Waals surface area contributed by atoms with Gasteiger partial charge in [-0.3, -0.25) is 0 Å². The first-order chi connectivity index (χ1) is 26.2. The van der Waals surface area contributed by atoms with Gasteiger partial charge in [-0.15, -0.1) is 0 Å². The lowest BCUT2D eigenvalue weighted by Gasteiger charge is -2.44. The van der Waals surface area contributed by atoms with Gasteiger partial charge in [0.2, 0.25) is 0 Å². The molecule has 8 nitrogen and oxygen atoms in total. The molecule has 2 saturated carbocycles. The van der Waals surface area contributed by atoms with Crippen molar-refractivity contribution in [3.05, 3.63) is 106 Å². The number of carbonyl (C=O) groups is 2. The summed E-state index contributed by atoms with van der Waals surface area (Å²) in [6.45, 7) is 21.2. The Balaban J connectivity index is 0.000000172. The summed E-state index contributed by atoms with van der Waals surface area (Å²) >= 11 is 0. The SMILES string of the molecule is COc1ccc2c(c1)N(C(=O)O)c1ccc(C3CC3)c(C(C)(C)C)c1C2(C)C.COc1ccc2c(c1)N(C(=O)OC(C)(C)C)c1ccc(C3CC3)cc1C2(C)C. The van der Waals surface area contributed by atoms with Gasteiger partial charge in [-0.25, -0.2) is 19.4 Å². The number of nitrogens with zero attached hydrogens (tertiary/aromatic N) is 2. The highest BCUT2D eigenvalue weighted by Crippen LogP contribution is 2.57. The van der Waals surface area contributed by atoms with Crippen LogP contribution in [-0.4, -0.2) is 37.1 Å². The molecule has 2 fully saturated rings. The van der Waals surface area contributed by atoms with Crippen LogP contribution >= 0.6 is 0 Å². The highest BCUT2D eigenvalue weighted by atomic mass is 16.6. The number of hydrogen-bond donors (Lipinski definition) is 1. The fourth-order valence-corrected chi connectivity index (χ4v) is 8.84. The van der Waals surface area contributed by atoms with E-state index in [1.165, 1.54) is 52.8 Å². The molecule has 4 aliphatic rings. The van der Waals surface area contributed by atoms with Crippen molar-refractivity contribution < 1.29 is 28.9 Å². The third kappa shape index (κ3) is 6.90. The molecule has 1 N–H and O–H groups in total. The number of amides is 2. The fraction of sp³-hybridized carbons (Fsp3) is 0.458. The van der Waals surface area contributed by atoms with E-state index >= 15 is 0 Å². The molecule has 4 aromatic carbocycles. The molecule has 0 saturated heterocycles. The standard InChI is InChI=1S/2C24H29NO3/c1-23(2,3)28-22(26)25-20-12-9-16(15-7-8-15)13-19(20)24(4,5)18-11-10-17(27-6)14-21(18)25;1-23(2,3)20-16(14-7-8-14)10-12-18-21(20)24(4,5)17-11-9-15(28-6)13-19(17)25(18)22(26)27/h9-15H,7-8H2,1-6H3;9-14H,7-8H2,1-6H3,(H,26,27). The minimum atomic E-state index is -0.967. The van der Waals surface area contributed by atoms with E-state index in [4.69, 9.17) is 14.2 Å². The van der Waals surface area contributed by atoms with Crippen molar-refractivity contribution >= 4 is 34.9 Å². The second kappa shape index (κ2) is 13.6. The normalized spacial score (nSPS) is 17.6. The first kappa shape index (κ1) is 39.3. The molecule has 8 rings (SSSR count). The van der Waals surface area contributed by atoms with Crippen molar-refractivity contribution in [3.63, 3.8) is 0 Å². The Bertz CT molecular complexity index is 2210. The summed E-state index contributed by atoms with van der Waals surface area (Å²) in [5, 5.41) is 10.1.